The number of hydrazone groups is 1. The number of rotatable bonds is 8. The predicted molar refractivity (Wildman–Crippen MR) is 127 cm³/mol. The molecule has 1 heterocycles. The van der Waals surface area contributed by atoms with Gasteiger partial charge in [-0.2, -0.15) is 5.10 Å². The highest BCUT2D eigenvalue weighted by atomic mass is 32.1. The van der Waals surface area contributed by atoms with Crippen molar-refractivity contribution in [3.05, 3.63) is 94.6 Å². The van der Waals surface area contributed by atoms with Crippen molar-refractivity contribution in [2.75, 3.05) is 12.5 Å². The Hall–Kier alpha value is -3.71. The van der Waals surface area contributed by atoms with Crippen molar-refractivity contribution in [2.45, 2.75) is 13.5 Å². The molecule has 0 aliphatic heterocycles. The summed E-state index contributed by atoms with van der Waals surface area (Å²) in [5.74, 6) is 0.721. The van der Waals surface area contributed by atoms with E-state index in [0.717, 1.165) is 16.1 Å². The zero-order valence-electron chi connectivity index (χ0n) is 17.7. The van der Waals surface area contributed by atoms with Crippen molar-refractivity contribution in [3.63, 3.8) is 0 Å². The molecule has 0 saturated heterocycles. The Kier molecular flexibility index (Phi) is 6.77. The molecule has 162 valence electrons. The van der Waals surface area contributed by atoms with Crippen molar-refractivity contribution in [2.24, 2.45) is 5.10 Å². The third-order valence-electron chi connectivity index (χ3n) is 4.77. The second-order valence-electron chi connectivity index (χ2n) is 6.92. The van der Waals surface area contributed by atoms with Gasteiger partial charge in [-0.15, -0.1) is 11.3 Å². The lowest BCUT2D eigenvalue weighted by Crippen LogP contribution is -2.03. The molecule has 0 aliphatic rings. The molecule has 1 N–H and O–H groups in total. The van der Waals surface area contributed by atoms with Gasteiger partial charge in [-0.3, -0.25) is 5.43 Å². The van der Waals surface area contributed by atoms with E-state index in [0.29, 0.717) is 27.8 Å². The van der Waals surface area contributed by atoms with Gasteiger partial charge in [0.15, 0.2) is 11.5 Å². The van der Waals surface area contributed by atoms with Crippen LogP contribution >= 0.6 is 11.3 Å². The van der Waals surface area contributed by atoms with Gasteiger partial charge >= 0.3 is 0 Å². The van der Waals surface area contributed by atoms with Crippen LogP contribution in [0.1, 0.15) is 16.0 Å². The zero-order valence-corrected chi connectivity index (χ0v) is 18.5. The molecule has 4 rings (SSSR count). The number of hydrogen-bond acceptors (Lipinski definition) is 6. The third-order valence-corrected chi connectivity index (χ3v) is 5.64. The number of nitrogens with one attached hydrogen (secondary N) is 1. The molecule has 32 heavy (non-hydrogen) atoms. The molecule has 3 aromatic carbocycles. The molecule has 0 aliphatic carbocycles. The fourth-order valence-corrected chi connectivity index (χ4v) is 3.97. The van der Waals surface area contributed by atoms with Crippen LogP contribution in [0, 0.1) is 12.7 Å². The van der Waals surface area contributed by atoms with Crippen molar-refractivity contribution >= 4 is 22.7 Å². The fourth-order valence-electron chi connectivity index (χ4n) is 3.18. The maximum Gasteiger partial charge on any atom is 0.204 e. The number of benzene rings is 3. The summed E-state index contributed by atoms with van der Waals surface area (Å²) in [6, 6.07) is 22.0. The minimum absolute atomic E-state index is 0.0768. The summed E-state index contributed by atoms with van der Waals surface area (Å²) in [7, 11) is 1.56. The molecule has 0 unspecified atom stereocenters. The monoisotopic (exact) mass is 447 g/mol. The average molecular weight is 448 g/mol. The van der Waals surface area contributed by atoms with Crippen LogP contribution in [-0.2, 0) is 6.61 Å². The van der Waals surface area contributed by atoms with E-state index in [1.807, 2.05) is 49.4 Å². The van der Waals surface area contributed by atoms with Gasteiger partial charge in [0.2, 0.25) is 5.13 Å². The van der Waals surface area contributed by atoms with E-state index in [9.17, 15) is 4.39 Å². The van der Waals surface area contributed by atoms with Gasteiger partial charge in [0.1, 0.15) is 12.4 Å². The molecule has 5 nitrogen and oxygen atoms in total. The van der Waals surface area contributed by atoms with Gasteiger partial charge in [-0.05, 0) is 25.1 Å². The number of ether oxygens (including phenoxy) is 2. The molecular formula is C25H22FN3O2S. The Morgan fingerprint density at radius 1 is 1.03 bits per heavy atom. The summed E-state index contributed by atoms with van der Waals surface area (Å²) in [6.07, 6.45) is 1.64. The van der Waals surface area contributed by atoms with Gasteiger partial charge < -0.3 is 9.47 Å². The molecule has 4 aromatic rings. The minimum Gasteiger partial charge on any atom is -0.493 e. The van der Waals surface area contributed by atoms with Gasteiger partial charge in [0.25, 0.3) is 0 Å². The summed E-state index contributed by atoms with van der Waals surface area (Å²) in [5.41, 5.74) is 6.15. The summed E-state index contributed by atoms with van der Waals surface area (Å²) in [4.78, 5) is 5.75. The summed E-state index contributed by atoms with van der Waals surface area (Å²) < 4.78 is 25.3. The van der Waals surface area contributed by atoms with E-state index in [1.54, 1.807) is 37.6 Å². The second kappa shape index (κ2) is 10.1. The largest absolute Gasteiger partial charge is 0.493 e. The smallest absolute Gasteiger partial charge is 0.204 e. The Balaban J connectivity index is 1.51. The maximum atomic E-state index is 14.0. The fraction of sp³-hybridized carbons (Fsp3) is 0.120. The van der Waals surface area contributed by atoms with Gasteiger partial charge in [0.05, 0.1) is 19.0 Å². The number of nitrogens with zero attached hydrogens (tertiary/aromatic N) is 2. The molecule has 0 atom stereocenters. The molecule has 0 radical (unpaired) electrons. The SMILES string of the molecule is COc1cccc(/C=N/Nc2nc(-c3ccccc3)c(C)s2)c1OCc1ccccc1F. The van der Waals surface area contributed by atoms with Crippen LogP contribution in [0.15, 0.2) is 77.9 Å². The normalized spacial score (nSPS) is 11.0. The van der Waals surface area contributed by atoms with Crippen molar-refractivity contribution in [1.82, 2.24) is 4.98 Å². The lowest BCUT2D eigenvalue weighted by Gasteiger charge is -2.13. The summed E-state index contributed by atoms with van der Waals surface area (Å²) >= 11 is 1.53. The van der Waals surface area contributed by atoms with Crippen LogP contribution < -0.4 is 14.9 Å². The van der Waals surface area contributed by atoms with E-state index < -0.39 is 0 Å². The predicted octanol–water partition coefficient (Wildman–Crippen LogP) is 6.29. The van der Waals surface area contributed by atoms with Gasteiger partial charge in [0, 0.05) is 21.6 Å². The molecular weight excluding hydrogens is 425 g/mol. The van der Waals surface area contributed by atoms with Crippen molar-refractivity contribution in [1.29, 1.82) is 0 Å². The highest BCUT2D eigenvalue weighted by Crippen LogP contribution is 2.32. The first-order valence-electron chi connectivity index (χ1n) is 10.0. The molecule has 0 amide bonds. The number of halogens is 1. The van der Waals surface area contributed by atoms with Crippen molar-refractivity contribution in [3.8, 4) is 22.8 Å². The van der Waals surface area contributed by atoms with Gasteiger partial charge in [-0.25, -0.2) is 9.37 Å². The molecule has 7 heteroatoms. The van der Waals surface area contributed by atoms with Crippen LogP contribution in [0.3, 0.4) is 0 Å². The molecule has 0 bridgehead atoms. The first-order valence-corrected chi connectivity index (χ1v) is 10.8. The number of anilines is 1. The minimum atomic E-state index is -0.312. The number of methoxy groups -OCH3 is 1. The highest BCUT2D eigenvalue weighted by molar-refractivity contribution is 7.15. The molecule has 0 saturated carbocycles. The van der Waals surface area contributed by atoms with Crippen LogP contribution in [0.25, 0.3) is 11.3 Å². The Labute approximate surface area is 190 Å². The molecule has 1 aromatic heterocycles. The second-order valence-corrected chi connectivity index (χ2v) is 8.12. The summed E-state index contributed by atoms with van der Waals surface area (Å²) in [5, 5.41) is 5.02. The van der Waals surface area contributed by atoms with E-state index in [4.69, 9.17) is 9.47 Å². The quantitative estimate of drug-likeness (QED) is 0.255. The topological polar surface area (TPSA) is 55.7 Å². The van der Waals surface area contributed by atoms with Crippen LogP contribution in [-0.4, -0.2) is 18.3 Å². The first kappa shape index (κ1) is 21.5. The third kappa shape index (κ3) is 4.95. The van der Waals surface area contributed by atoms with Crippen molar-refractivity contribution < 1.29 is 13.9 Å². The van der Waals surface area contributed by atoms with E-state index in [1.165, 1.54) is 17.4 Å². The van der Waals surface area contributed by atoms with E-state index >= 15 is 0 Å². The number of para-hydroxylation sites is 1. The number of aryl methyl sites for hydroxylation is 1. The molecule has 0 fully saturated rings. The maximum absolute atomic E-state index is 14.0. The lowest BCUT2D eigenvalue weighted by molar-refractivity contribution is 0.279. The van der Waals surface area contributed by atoms with Crippen LogP contribution in [0.4, 0.5) is 9.52 Å². The molecule has 0 spiro atoms. The number of aromatic nitrogens is 1. The standard InChI is InChI=1S/C25H22FN3O2S/c1-17-23(18-9-4-3-5-10-18)28-25(32-17)29-27-15-19-12-8-14-22(30-2)24(19)31-16-20-11-6-7-13-21(20)26/h3-15H,16H2,1-2H3,(H,28,29)/b27-15+. The van der Waals surface area contributed by atoms with Crippen LogP contribution in [0.2, 0.25) is 0 Å². The lowest BCUT2D eigenvalue weighted by atomic mass is 10.1. The van der Waals surface area contributed by atoms with Crippen LogP contribution in [0.5, 0.6) is 11.5 Å². The highest BCUT2D eigenvalue weighted by Gasteiger charge is 2.12. The Morgan fingerprint density at radius 3 is 2.59 bits per heavy atom. The average Bonchev–Trinajstić information content (AvgIpc) is 3.19. The number of thiazole rings is 1. The van der Waals surface area contributed by atoms with Gasteiger partial charge in [-0.1, -0.05) is 54.6 Å². The van der Waals surface area contributed by atoms with E-state index in [2.05, 4.69) is 15.5 Å². The Bertz CT molecular complexity index is 1230. The van der Waals surface area contributed by atoms with E-state index in [-0.39, 0.29) is 12.4 Å². The first-order chi connectivity index (χ1) is 15.7. The zero-order chi connectivity index (χ0) is 22.3. The Morgan fingerprint density at radius 2 is 1.81 bits per heavy atom. The summed E-state index contributed by atoms with van der Waals surface area (Å²) in [6.45, 7) is 2.11. The number of hydrogen-bond donors (Lipinski definition) is 1.